The molecule has 0 unspecified atom stereocenters. The van der Waals surface area contributed by atoms with E-state index in [9.17, 15) is 9.59 Å². The number of amides is 1. The Hall–Kier alpha value is -2.33. The Morgan fingerprint density at radius 1 is 1.11 bits per heavy atom. The molecule has 0 aromatic heterocycles. The second kappa shape index (κ2) is 8.13. The molecule has 0 spiro atoms. The Bertz CT molecular complexity index is 819. The van der Waals surface area contributed by atoms with Crippen LogP contribution >= 0.6 is 11.6 Å². The predicted molar refractivity (Wildman–Crippen MR) is 107 cm³/mol. The first-order valence-corrected chi connectivity index (χ1v) is 9.59. The Balaban J connectivity index is 1.67. The summed E-state index contributed by atoms with van der Waals surface area (Å²) >= 11 is 6.22. The van der Waals surface area contributed by atoms with Crippen LogP contribution < -0.4 is 5.32 Å². The maximum Gasteiger partial charge on any atom is 0.317 e. The van der Waals surface area contributed by atoms with Gasteiger partial charge in [-0.05, 0) is 49.4 Å². The lowest BCUT2D eigenvalue weighted by atomic mass is 9.79. The van der Waals surface area contributed by atoms with E-state index in [1.807, 2.05) is 50.2 Å². The lowest BCUT2D eigenvalue weighted by molar-refractivity contribution is -0.153. The van der Waals surface area contributed by atoms with Crippen LogP contribution in [0.15, 0.2) is 42.5 Å². The van der Waals surface area contributed by atoms with Gasteiger partial charge in [-0.25, -0.2) is 0 Å². The summed E-state index contributed by atoms with van der Waals surface area (Å²) in [4.78, 5) is 25.2. The summed E-state index contributed by atoms with van der Waals surface area (Å²) in [6, 6.07) is 13.4. The molecule has 2 aromatic carbocycles. The highest BCUT2D eigenvalue weighted by Gasteiger charge is 2.44. The van der Waals surface area contributed by atoms with Crippen LogP contribution in [0.4, 0.5) is 5.69 Å². The molecule has 1 aliphatic rings. The normalized spacial score (nSPS) is 15.4. The van der Waals surface area contributed by atoms with Crippen LogP contribution in [0.2, 0.25) is 5.02 Å². The largest absolute Gasteiger partial charge is 0.455 e. The lowest BCUT2D eigenvalue weighted by Crippen LogP contribution is -2.36. The number of anilines is 1. The molecule has 0 radical (unpaired) electrons. The third kappa shape index (κ3) is 4.16. The second-order valence-corrected chi connectivity index (χ2v) is 7.63. The summed E-state index contributed by atoms with van der Waals surface area (Å²) in [7, 11) is 0. The Kier molecular flexibility index (Phi) is 5.85. The van der Waals surface area contributed by atoms with E-state index in [4.69, 9.17) is 16.3 Å². The highest BCUT2D eigenvalue weighted by Crippen LogP contribution is 2.42. The molecule has 1 aliphatic carbocycles. The van der Waals surface area contributed by atoms with Crippen molar-refractivity contribution in [2.45, 2.75) is 44.9 Å². The van der Waals surface area contributed by atoms with Gasteiger partial charge in [0.25, 0.3) is 5.91 Å². The molecule has 4 nitrogen and oxygen atoms in total. The molecule has 1 fully saturated rings. The summed E-state index contributed by atoms with van der Waals surface area (Å²) in [5.74, 6) is -0.716. The third-order valence-electron chi connectivity index (χ3n) is 5.20. The number of rotatable bonds is 5. The fourth-order valence-corrected chi connectivity index (χ4v) is 4.23. The zero-order valence-electron chi connectivity index (χ0n) is 15.7. The van der Waals surface area contributed by atoms with E-state index in [0.29, 0.717) is 10.7 Å². The molecule has 0 saturated heterocycles. The molecule has 5 heteroatoms. The number of ether oxygens (including phenoxy) is 1. The van der Waals surface area contributed by atoms with Crippen LogP contribution in [0, 0.1) is 13.8 Å². The molecule has 2 aromatic rings. The first-order valence-electron chi connectivity index (χ1n) is 9.22. The van der Waals surface area contributed by atoms with E-state index >= 15 is 0 Å². The van der Waals surface area contributed by atoms with Crippen LogP contribution in [0.1, 0.15) is 42.4 Å². The van der Waals surface area contributed by atoms with Crippen molar-refractivity contribution in [1.29, 1.82) is 0 Å². The minimum absolute atomic E-state index is 0.322. The monoisotopic (exact) mass is 385 g/mol. The van der Waals surface area contributed by atoms with Gasteiger partial charge in [-0.1, -0.05) is 60.8 Å². The van der Waals surface area contributed by atoms with E-state index < -0.39 is 11.3 Å². The number of carbonyl (C=O) groups excluding carboxylic acids is 2. The van der Waals surface area contributed by atoms with Crippen molar-refractivity contribution in [2.24, 2.45) is 0 Å². The Morgan fingerprint density at radius 2 is 1.78 bits per heavy atom. The topological polar surface area (TPSA) is 55.4 Å². The number of hydrogen-bond donors (Lipinski definition) is 1. The number of carbonyl (C=O) groups is 2. The fourth-order valence-electron chi connectivity index (χ4n) is 3.87. The molecule has 0 bridgehead atoms. The molecular weight excluding hydrogens is 362 g/mol. The van der Waals surface area contributed by atoms with Gasteiger partial charge in [0.15, 0.2) is 6.61 Å². The van der Waals surface area contributed by atoms with Crippen LogP contribution in [0.5, 0.6) is 0 Å². The van der Waals surface area contributed by atoms with Crippen molar-refractivity contribution in [3.63, 3.8) is 0 Å². The third-order valence-corrected chi connectivity index (χ3v) is 5.50. The summed E-state index contributed by atoms with van der Waals surface area (Å²) in [6.45, 7) is 3.50. The van der Waals surface area contributed by atoms with E-state index in [1.54, 1.807) is 6.07 Å². The zero-order valence-corrected chi connectivity index (χ0v) is 16.4. The Labute approximate surface area is 164 Å². The molecule has 1 amide bonds. The van der Waals surface area contributed by atoms with Gasteiger partial charge < -0.3 is 10.1 Å². The minimum atomic E-state index is -0.640. The number of hydrogen-bond acceptors (Lipinski definition) is 3. The molecule has 0 atom stereocenters. The van der Waals surface area contributed by atoms with Gasteiger partial charge in [-0.3, -0.25) is 9.59 Å². The number of benzene rings is 2. The van der Waals surface area contributed by atoms with Crippen molar-refractivity contribution in [3.8, 4) is 0 Å². The van der Waals surface area contributed by atoms with Gasteiger partial charge in [-0.15, -0.1) is 0 Å². The number of aryl methyl sites for hydroxylation is 2. The standard InChI is InChI=1S/C22H24ClNO3/c1-15-12-16(2)20(18(23)13-15)24-19(25)14-27-21(26)22(10-6-7-11-22)17-8-4-3-5-9-17/h3-5,8-9,12-13H,6-7,10-11,14H2,1-2H3,(H,24,25). The zero-order chi connectivity index (χ0) is 19.4. The van der Waals surface area contributed by atoms with E-state index in [1.165, 1.54) is 0 Å². The van der Waals surface area contributed by atoms with Crippen LogP contribution in [-0.2, 0) is 19.7 Å². The number of nitrogens with one attached hydrogen (secondary N) is 1. The summed E-state index contributed by atoms with van der Waals surface area (Å²) in [5.41, 5.74) is 2.77. The first-order chi connectivity index (χ1) is 12.9. The summed E-state index contributed by atoms with van der Waals surface area (Å²) in [5, 5.41) is 3.23. The highest BCUT2D eigenvalue weighted by atomic mass is 35.5. The average Bonchev–Trinajstić information content (AvgIpc) is 3.14. The van der Waals surface area contributed by atoms with Gasteiger partial charge in [0.1, 0.15) is 0 Å². The summed E-state index contributed by atoms with van der Waals surface area (Å²) in [6.07, 6.45) is 3.46. The maximum atomic E-state index is 12.9. The first kappa shape index (κ1) is 19.4. The highest BCUT2D eigenvalue weighted by molar-refractivity contribution is 6.34. The molecule has 142 valence electrons. The van der Waals surface area contributed by atoms with Crippen molar-refractivity contribution < 1.29 is 14.3 Å². The Morgan fingerprint density at radius 3 is 2.41 bits per heavy atom. The van der Waals surface area contributed by atoms with Gasteiger partial charge in [0.05, 0.1) is 16.1 Å². The van der Waals surface area contributed by atoms with Crippen LogP contribution in [0.25, 0.3) is 0 Å². The molecule has 3 rings (SSSR count). The quantitative estimate of drug-likeness (QED) is 0.741. The molecule has 27 heavy (non-hydrogen) atoms. The van der Waals surface area contributed by atoms with Crippen LogP contribution in [-0.4, -0.2) is 18.5 Å². The van der Waals surface area contributed by atoms with E-state index in [-0.39, 0.29) is 12.6 Å². The number of halogens is 1. The minimum Gasteiger partial charge on any atom is -0.455 e. The van der Waals surface area contributed by atoms with Crippen molar-refractivity contribution in [2.75, 3.05) is 11.9 Å². The maximum absolute atomic E-state index is 12.9. The predicted octanol–water partition coefficient (Wildman–Crippen LogP) is 4.95. The lowest BCUT2D eigenvalue weighted by Gasteiger charge is -2.27. The van der Waals surface area contributed by atoms with Gasteiger partial charge in [-0.2, -0.15) is 0 Å². The molecule has 1 saturated carbocycles. The van der Waals surface area contributed by atoms with Gasteiger partial charge in [0, 0.05) is 0 Å². The molecular formula is C22H24ClNO3. The fraction of sp³-hybridized carbons (Fsp3) is 0.364. The van der Waals surface area contributed by atoms with E-state index in [2.05, 4.69) is 5.32 Å². The molecule has 0 heterocycles. The average molecular weight is 386 g/mol. The smallest absolute Gasteiger partial charge is 0.317 e. The van der Waals surface area contributed by atoms with Crippen molar-refractivity contribution in [1.82, 2.24) is 0 Å². The SMILES string of the molecule is Cc1cc(C)c(NC(=O)COC(=O)C2(c3ccccc3)CCCC2)c(Cl)c1. The summed E-state index contributed by atoms with van der Waals surface area (Å²) < 4.78 is 5.43. The van der Waals surface area contributed by atoms with Gasteiger partial charge in [0.2, 0.25) is 0 Å². The van der Waals surface area contributed by atoms with Crippen molar-refractivity contribution in [3.05, 3.63) is 64.2 Å². The molecule has 1 N–H and O–H groups in total. The number of esters is 1. The van der Waals surface area contributed by atoms with E-state index in [0.717, 1.165) is 42.4 Å². The van der Waals surface area contributed by atoms with Crippen LogP contribution in [0.3, 0.4) is 0 Å². The molecule has 0 aliphatic heterocycles. The second-order valence-electron chi connectivity index (χ2n) is 7.22. The van der Waals surface area contributed by atoms with Crippen molar-refractivity contribution >= 4 is 29.2 Å². The van der Waals surface area contributed by atoms with Gasteiger partial charge >= 0.3 is 5.97 Å².